The number of carbonyl (C=O) groups is 2. The number of hydrogen-bond donors (Lipinski definition) is 1. The number of ether oxygens (including phenoxy) is 1. The smallest absolute Gasteiger partial charge is 0.248 e. The molecule has 2 aliphatic rings. The highest BCUT2D eigenvalue weighted by atomic mass is 32.2. The van der Waals surface area contributed by atoms with E-state index >= 15 is 0 Å². The highest BCUT2D eigenvalue weighted by Gasteiger charge is 2.56. The summed E-state index contributed by atoms with van der Waals surface area (Å²) in [7, 11) is 0. The van der Waals surface area contributed by atoms with Gasteiger partial charge in [-0.15, -0.1) is 0 Å². The van der Waals surface area contributed by atoms with Crippen molar-refractivity contribution < 1.29 is 14.3 Å². The Balaban J connectivity index is 1.78. The van der Waals surface area contributed by atoms with Crippen LogP contribution in [0.1, 0.15) is 18.4 Å². The first-order chi connectivity index (χ1) is 14.1. The van der Waals surface area contributed by atoms with Gasteiger partial charge in [-0.2, -0.15) is 5.26 Å². The molecule has 6 nitrogen and oxygen atoms in total. The number of imide groups is 1. The van der Waals surface area contributed by atoms with Crippen molar-refractivity contribution in [3.63, 3.8) is 0 Å². The Hall–Kier alpha value is -3.24. The molecule has 3 atom stereocenters. The maximum absolute atomic E-state index is 13.4. The average molecular weight is 405 g/mol. The number of nitrogens with zero attached hydrogens (tertiary/aromatic N) is 2. The SMILES string of the molecule is CCOc1ccc(C2C(C#N)=C(N)SC3C(=O)N(c4ccccc4)C(=O)C32)cc1. The Morgan fingerprint density at radius 3 is 2.41 bits per heavy atom. The number of amides is 2. The maximum Gasteiger partial charge on any atom is 0.248 e. The number of allylic oxidation sites excluding steroid dienone is 1. The average Bonchev–Trinajstić information content (AvgIpc) is 2.98. The van der Waals surface area contributed by atoms with E-state index in [-0.39, 0.29) is 11.8 Å². The van der Waals surface area contributed by atoms with Crippen LogP contribution in [0.3, 0.4) is 0 Å². The van der Waals surface area contributed by atoms with Crippen LogP contribution in [0.2, 0.25) is 0 Å². The molecule has 29 heavy (non-hydrogen) atoms. The molecule has 2 amide bonds. The number of rotatable bonds is 4. The molecule has 2 aromatic carbocycles. The molecular weight excluding hydrogens is 386 g/mol. The summed E-state index contributed by atoms with van der Waals surface area (Å²) in [6.45, 7) is 2.44. The summed E-state index contributed by atoms with van der Waals surface area (Å²) in [5.74, 6) is -1.17. The topological polar surface area (TPSA) is 96.4 Å². The molecule has 146 valence electrons. The van der Waals surface area contributed by atoms with Crippen molar-refractivity contribution in [2.24, 2.45) is 11.7 Å². The number of hydrogen-bond acceptors (Lipinski definition) is 6. The lowest BCUT2D eigenvalue weighted by Gasteiger charge is -2.30. The summed E-state index contributed by atoms with van der Waals surface area (Å²) in [6.07, 6.45) is 0. The van der Waals surface area contributed by atoms with Crippen LogP contribution >= 0.6 is 11.8 Å². The minimum Gasteiger partial charge on any atom is -0.494 e. The van der Waals surface area contributed by atoms with E-state index in [0.717, 1.165) is 17.3 Å². The van der Waals surface area contributed by atoms with Gasteiger partial charge >= 0.3 is 0 Å². The fourth-order valence-corrected chi connectivity index (χ4v) is 5.11. The Bertz CT molecular complexity index is 1030. The molecule has 1 saturated heterocycles. The zero-order valence-corrected chi connectivity index (χ0v) is 16.6. The molecule has 2 N–H and O–H groups in total. The summed E-state index contributed by atoms with van der Waals surface area (Å²) in [6, 6.07) is 18.3. The quantitative estimate of drug-likeness (QED) is 0.785. The van der Waals surface area contributed by atoms with Crippen LogP contribution in [0.25, 0.3) is 0 Å². The molecule has 0 bridgehead atoms. The number of nitrogens with two attached hydrogens (primary N) is 1. The van der Waals surface area contributed by atoms with Crippen molar-refractivity contribution in [2.45, 2.75) is 18.1 Å². The normalized spacial score (nSPS) is 23.7. The molecule has 0 aliphatic carbocycles. The number of benzene rings is 2. The van der Waals surface area contributed by atoms with Crippen molar-refractivity contribution >= 4 is 29.3 Å². The van der Waals surface area contributed by atoms with Crippen LogP contribution in [-0.4, -0.2) is 23.7 Å². The van der Waals surface area contributed by atoms with Crippen LogP contribution < -0.4 is 15.4 Å². The Labute approximate surface area is 172 Å². The molecule has 0 spiro atoms. The number of carbonyl (C=O) groups excluding carboxylic acids is 2. The summed E-state index contributed by atoms with van der Waals surface area (Å²) < 4.78 is 5.49. The van der Waals surface area contributed by atoms with E-state index in [2.05, 4.69) is 6.07 Å². The third kappa shape index (κ3) is 3.15. The van der Waals surface area contributed by atoms with Gasteiger partial charge in [0, 0.05) is 5.92 Å². The molecule has 0 aromatic heterocycles. The molecule has 0 saturated carbocycles. The predicted molar refractivity (Wildman–Crippen MR) is 111 cm³/mol. The Morgan fingerprint density at radius 2 is 1.79 bits per heavy atom. The Morgan fingerprint density at radius 1 is 1.10 bits per heavy atom. The van der Waals surface area contributed by atoms with E-state index in [9.17, 15) is 14.9 Å². The van der Waals surface area contributed by atoms with E-state index in [4.69, 9.17) is 10.5 Å². The third-order valence-corrected chi connectivity index (χ3v) is 6.39. The fourth-order valence-electron chi connectivity index (χ4n) is 3.91. The molecule has 2 aliphatic heterocycles. The molecule has 0 radical (unpaired) electrons. The van der Waals surface area contributed by atoms with Crippen LogP contribution in [0.4, 0.5) is 5.69 Å². The molecule has 4 rings (SSSR count). The predicted octanol–water partition coefficient (Wildman–Crippen LogP) is 3.17. The summed E-state index contributed by atoms with van der Waals surface area (Å²) >= 11 is 1.11. The first kappa shape index (κ1) is 19.1. The Kier molecular flexibility index (Phi) is 5.03. The molecule has 7 heteroatoms. The second kappa shape index (κ2) is 7.64. The molecule has 2 aromatic rings. The van der Waals surface area contributed by atoms with Gasteiger partial charge in [0.2, 0.25) is 11.8 Å². The summed E-state index contributed by atoms with van der Waals surface area (Å²) in [5.41, 5.74) is 7.78. The standard InChI is InChI=1S/C22H19N3O3S/c1-2-28-15-10-8-13(9-11-15)17-16(12-23)20(24)29-19-18(17)21(26)25(22(19)27)14-6-4-3-5-7-14/h3-11,17-19H,2,24H2,1H3. The van der Waals surface area contributed by atoms with E-state index in [1.165, 1.54) is 4.90 Å². The number of para-hydroxylation sites is 1. The zero-order valence-electron chi connectivity index (χ0n) is 15.7. The lowest BCUT2D eigenvalue weighted by Crippen LogP contribution is -2.33. The fraction of sp³-hybridized carbons (Fsp3) is 0.227. The second-order valence-electron chi connectivity index (χ2n) is 6.78. The van der Waals surface area contributed by atoms with Gasteiger partial charge in [-0.1, -0.05) is 42.1 Å². The van der Waals surface area contributed by atoms with Gasteiger partial charge in [-0.3, -0.25) is 9.59 Å². The lowest BCUT2D eigenvalue weighted by molar-refractivity contribution is -0.122. The van der Waals surface area contributed by atoms with Gasteiger partial charge in [-0.25, -0.2) is 4.90 Å². The maximum atomic E-state index is 13.4. The number of thioether (sulfide) groups is 1. The molecule has 2 heterocycles. The van der Waals surface area contributed by atoms with Crippen molar-refractivity contribution in [1.82, 2.24) is 0 Å². The second-order valence-corrected chi connectivity index (χ2v) is 7.96. The van der Waals surface area contributed by atoms with Gasteiger partial charge in [0.05, 0.1) is 34.9 Å². The third-order valence-electron chi connectivity index (χ3n) is 5.17. The van der Waals surface area contributed by atoms with Crippen molar-refractivity contribution in [3.8, 4) is 11.8 Å². The largest absolute Gasteiger partial charge is 0.494 e. The highest BCUT2D eigenvalue weighted by molar-refractivity contribution is 8.04. The van der Waals surface area contributed by atoms with Gasteiger partial charge in [-0.05, 0) is 36.8 Å². The van der Waals surface area contributed by atoms with E-state index in [0.29, 0.717) is 28.6 Å². The van der Waals surface area contributed by atoms with Gasteiger partial charge in [0.15, 0.2) is 0 Å². The minimum absolute atomic E-state index is 0.295. The monoisotopic (exact) mass is 405 g/mol. The van der Waals surface area contributed by atoms with Crippen LogP contribution in [0.5, 0.6) is 5.75 Å². The van der Waals surface area contributed by atoms with E-state index in [1.54, 1.807) is 36.4 Å². The van der Waals surface area contributed by atoms with Gasteiger partial charge in [0.25, 0.3) is 0 Å². The van der Waals surface area contributed by atoms with Gasteiger partial charge < -0.3 is 10.5 Å². The lowest BCUT2D eigenvalue weighted by atomic mass is 9.79. The van der Waals surface area contributed by atoms with Crippen molar-refractivity contribution in [3.05, 3.63) is 70.8 Å². The van der Waals surface area contributed by atoms with Crippen LogP contribution in [-0.2, 0) is 9.59 Å². The number of fused-ring (bicyclic) bond motifs is 1. The minimum atomic E-state index is -0.687. The highest BCUT2D eigenvalue weighted by Crippen LogP contribution is 2.50. The number of anilines is 1. The molecule has 3 unspecified atom stereocenters. The first-order valence-corrected chi connectivity index (χ1v) is 10.2. The van der Waals surface area contributed by atoms with E-state index < -0.39 is 17.1 Å². The molecular formula is C22H19N3O3S. The first-order valence-electron chi connectivity index (χ1n) is 9.28. The summed E-state index contributed by atoms with van der Waals surface area (Å²) in [4.78, 5) is 27.7. The van der Waals surface area contributed by atoms with Gasteiger partial charge in [0.1, 0.15) is 11.0 Å². The van der Waals surface area contributed by atoms with E-state index in [1.807, 2.05) is 25.1 Å². The van der Waals surface area contributed by atoms with Crippen molar-refractivity contribution in [1.29, 1.82) is 5.26 Å². The van der Waals surface area contributed by atoms with Crippen molar-refractivity contribution in [2.75, 3.05) is 11.5 Å². The van der Waals surface area contributed by atoms with Crippen LogP contribution in [0, 0.1) is 17.2 Å². The van der Waals surface area contributed by atoms with Crippen LogP contribution in [0.15, 0.2) is 65.2 Å². The molecule has 1 fully saturated rings. The number of nitriles is 1. The summed E-state index contributed by atoms with van der Waals surface area (Å²) in [5, 5.41) is 9.39. The zero-order chi connectivity index (χ0) is 20.5.